The fourth-order valence-corrected chi connectivity index (χ4v) is 3.27. The van der Waals surface area contributed by atoms with E-state index in [1.165, 1.54) is 0 Å². The number of aliphatic hydroxyl groups is 1. The maximum atomic E-state index is 12.5. The fourth-order valence-electron chi connectivity index (χ4n) is 3.27. The van der Waals surface area contributed by atoms with Crippen LogP contribution in [-0.2, 0) is 9.53 Å². The Morgan fingerprint density at radius 2 is 2.05 bits per heavy atom. The molecule has 0 spiro atoms. The Kier molecular flexibility index (Phi) is 5.41. The summed E-state index contributed by atoms with van der Waals surface area (Å²) in [4.78, 5) is 16.4. The molecule has 2 rings (SSSR count). The van der Waals surface area contributed by atoms with Crippen LogP contribution in [0, 0.1) is 5.41 Å². The van der Waals surface area contributed by atoms with Crippen LogP contribution < -0.4 is 0 Å². The average Bonchev–Trinajstić information content (AvgIpc) is 2.38. The highest BCUT2D eigenvalue weighted by atomic mass is 16.5. The molecule has 1 amide bonds. The van der Waals surface area contributed by atoms with Gasteiger partial charge in [0.1, 0.15) is 0 Å². The molecular formula is C15H28N2O3. The van der Waals surface area contributed by atoms with E-state index in [1.807, 2.05) is 7.05 Å². The Morgan fingerprint density at radius 3 is 2.55 bits per heavy atom. The third kappa shape index (κ3) is 3.51. The highest BCUT2D eigenvalue weighted by Gasteiger charge is 2.43. The van der Waals surface area contributed by atoms with Crippen LogP contribution in [0.4, 0.5) is 0 Å². The number of amides is 1. The predicted molar refractivity (Wildman–Crippen MR) is 77.5 cm³/mol. The molecule has 0 radical (unpaired) electrons. The summed E-state index contributed by atoms with van der Waals surface area (Å²) >= 11 is 0. The number of hydrogen-bond donors (Lipinski definition) is 1. The maximum absolute atomic E-state index is 12.5. The van der Waals surface area contributed by atoms with Crippen molar-refractivity contribution in [1.82, 2.24) is 9.80 Å². The van der Waals surface area contributed by atoms with Crippen LogP contribution in [0.5, 0.6) is 0 Å². The van der Waals surface area contributed by atoms with Crippen molar-refractivity contribution in [3.05, 3.63) is 0 Å². The van der Waals surface area contributed by atoms with Crippen LogP contribution in [0.1, 0.15) is 32.6 Å². The normalized spacial score (nSPS) is 23.9. The largest absolute Gasteiger partial charge is 0.390 e. The van der Waals surface area contributed by atoms with E-state index in [0.29, 0.717) is 13.1 Å². The quantitative estimate of drug-likeness (QED) is 0.781. The Bertz CT molecular complexity index is 320. The lowest BCUT2D eigenvalue weighted by Crippen LogP contribution is -2.50. The van der Waals surface area contributed by atoms with Crippen LogP contribution in [0.3, 0.4) is 0 Å². The van der Waals surface area contributed by atoms with Crippen molar-refractivity contribution in [3.8, 4) is 0 Å². The number of likely N-dealkylation sites (N-methyl/N-ethyl adjacent to an activating group) is 1. The van der Waals surface area contributed by atoms with E-state index in [1.54, 1.807) is 4.90 Å². The van der Waals surface area contributed by atoms with E-state index in [9.17, 15) is 9.90 Å². The summed E-state index contributed by atoms with van der Waals surface area (Å²) in [6, 6.07) is 0. The zero-order valence-corrected chi connectivity index (χ0v) is 12.8. The Hall–Kier alpha value is -0.650. The summed E-state index contributed by atoms with van der Waals surface area (Å²) < 4.78 is 5.29. The van der Waals surface area contributed by atoms with E-state index in [0.717, 1.165) is 52.0 Å². The topological polar surface area (TPSA) is 53.0 Å². The number of nitrogens with zero attached hydrogens (tertiary/aromatic N) is 2. The van der Waals surface area contributed by atoms with Crippen molar-refractivity contribution in [2.45, 2.75) is 38.7 Å². The average molecular weight is 284 g/mol. The summed E-state index contributed by atoms with van der Waals surface area (Å²) in [6.45, 7) is 6.36. The van der Waals surface area contributed by atoms with Crippen molar-refractivity contribution in [1.29, 1.82) is 0 Å². The van der Waals surface area contributed by atoms with Crippen LogP contribution in [0.2, 0.25) is 0 Å². The molecule has 1 saturated heterocycles. The molecule has 0 aromatic heterocycles. The molecule has 5 nitrogen and oxygen atoms in total. The molecule has 2 aliphatic rings. The van der Waals surface area contributed by atoms with E-state index >= 15 is 0 Å². The van der Waals surface area contributed by atoms with Crippen LogP contribution in [-0.4, -0.2) is 73.4 Å². The van der Waals surface area contributed by atoms with Crippen molar-refractivity contribution in [3.63, 3.8) is 0 Å². The first-order chi connectivity index (χ1) is 9.57. The first kappa shape index (κ1) is 15.7. The van der Waals surface area contributed by atoms with Gasteiger partial charge in [-0.2, -0.15) is 0 Å². The van der Waals surface area contributed by atoms with Gasteiger partial charge in [0.2, 0.25) is 5.91 Å². The molecule has 20 heavy (non-hydrogen) atoms. The Balaban J connectivity index is 1.77. The van der Waals surface area contributed by atoms with Crippen molar-refractivity contribution >= 4 is 5.91 Å². The van der Waals surface area contributed by atoms with Gasteiger partial charge in [-0.25, -0.2) is 0 Å². The second kappa shape index (κ2) is 6.87. The maximum Gasteiger partial charge on any atom is 0.228 e. The zero-order valence-electron chi connectivity index (χ0n) is 12.8. The molecule has 1 N–H and O–H groups in total. The Labute approximate surface area is 121 Å². The van der Waals surface area contributed by atoms with Crippen LogP contribution in [0.15, 0.2) is 0 Å². The van der Waals surface area contributed by atoms with Gasteiger partial charge < -0.3 is 14.7 Å². The van der Waals surface area contributed by atoms with Crippen LogP contribution in [0.25, 0.3) is 0 Å². The van der Waals surface area contributed by atoms with Crippen molar-refractivity contribution in [2.24, 2.45) is 5.41 Å². The minimum Gasteiger partial charge on any atom is -0.390 e. The molecule has 1 atom stereocenters. The Morgan fingerprint density at radius 1 is 1.40 bits per heavy atom. The van der Waals surface area contributed by atoms with E-state index in [2.05, 4.69) is 11.8 Å². The number of hydrogen-bond acceptors (Lipinski definition) is 4. The smallest absolute Gasteiger partial charge is 0.228 e. The number of morpholine rings is 1. The number of carbonyl (C=O) groups is 1. The molecule has 116 valence electrons. The molecule has 1 aliphatic carbocycles. The number of β-amino-alcohol motifs (C(OH)–C–C–N with tert-alkyl or cyclic N) is 1. The van der Waals surface area contributed by atoms with Gasteiger partial charge >= 0.3 is 0 Å². The minimum absolute atomic E-state index is 0.132. The fraction of sp³-hybridized carbons (Fsp3) is 0.933. The van der Waals surface area contributed by atoms with Gasteiger partial charge in [0, 0.05) is 38.6 Å². The van der Waals surface area contributed by atoms with Gasteiger partial charge in [-0.1, -0.05) is 13.3 Å². The minimum atomic E-state index is -0.476. The number of ether oxygens (including phenoxy) is 1. The molecule has 2 fully saturated rings. The second-order valence-electron chi connectivity index (χ2n) is 6.24. The monoisotopic (exact) mass is 284 g/mol. The lowest BCUT2D eigenvalue weighted by Gasteiger charge is -2.42. The zero-order chi connectivity index (χ0) is 14.6. The molecule has 0 aromatic carbocycles. The lowest BCUT2D eigenvalue weighted by molar-refractivity contribution is -0.147. The molecule has 1 aliphatic heterocycles. The molecular weight excluding hydrogens is 256 g/mol. The summed E-state index contributed by atoms with van der Waals surface area (Å²) in [7, 11) is 1.82. The highest BCUT2D eigenvalue weighted by molar-refractivity contribution is 5.83. The van der Waals surface area contributed by atoms with Gasteiger partial charge in [0.15, 0.2) is 0 Å². The second-order valence-corrected chi connectivity index (χ2v) is 6.24. The lowest BCUT2D eigenvalue weighted by atomic mass is 9.66. The number of rotatable bonds is 6. The molecule has 5 heteroatoms. The summed E-state index contributed by atoms with van der Waals surface area (Å²) in [5.41, 5.74) is -0.132. The van der Waals surface area contributed by atoms with E-state index in [4.69, 9.17) is 4.74 Å². The molecule has 1 unspecified atom stereocenters. The molecule has 0 bridgehead atoms. The molecule has 1 saturated carbocycles. The van der Waals surface area contributed by atoms with Crippen molar-refractivity contribution < 1.29 is 14.6 Å². The summed E-state index contributed by atoms with van der Waals surface area (Å²) in [6.07, 6.45) is 3.61. The van der Waals surface area contributed by atoms with Crippen molar-refractivity contribution in [2.75, 3.05) is 46.4 Å². The molecule has 0 aromatic rings. The predicted octanol–water partition coefficient (Wildman–Crippen LogP) is 0.718. The summed E-state index contributed by atoms with van der Waals surface area (Å²) in [5.74, 6) is 0.215. The SMILES string of the molecule is CCC1(C(=O)N(C)CC(O)CN2CCOCC2)CCC1. The van der Waals surface area contributed by atoms with Gasteiger partial charge in [-0.05, 0) is 19.3 Å². The van der Waals surface area contributed by atoms with E-state index < -0.39 is 6.10 Å². The third-order valence-electron chi connectivity index (χ3n) is 4.85. The van der Waals surface area contributed by atoms with Gasteiger partial charge in [-0.3, -0.25) is 9.69 Å². The number of carbonyl (C=O) groups excluding carboxylic acids is 1. The van der Waals surface area contributed by atoms with Gasteiger partial charge in [0.25, 0.3) is 0 Å². The number of aliphatic hydroxyl groups excluding tert-OH is 1. The first-order valence-corrected chi connectivity index (χ1v) is 7.81. The first-order valence-electron chi connectivity index (χ1n) is 7.81. The van der Waals surface area contributed by atoms with Gasteiger partial charge in [-0.15, -0.1) is 0 Å². The molecule has 1 heterocycles. The standard InChI is InChI=1S/C15H28N2O3/c1-3-15(5-4-6-15)14(19)16(2)11-13(18)12-17-7-9-20-10-8-17/h13,18H,3-12H2,1-2H3. The van der Waals surface area contributed by atoms with Gasteiger partial charge in [0.05, 0.1) is 19.3 Å². The van der Waals surface area contributed by atoms with E-state index in [-0.39, 0.29) is 11.3 Å². The van der Waals surface area contributed by atoms with Crippen LogP contribution >= 0.6 is 0 Å². The summed E-state index contributed by atoms with van der Waals surface area (Å²) in [5, 5.41) is 10.2. The third-order valence-corrected chi connectivity index (χ3v) is 4.85. The highest BCUT2D eigenvalue weighted by Crippen LogP contribution is 2.45.